The van der Waals surface area contributed by atoms with Crippen molar-refractivity contribution in [2.45, 2.75) is 33.1 Å². The van der Waals surface area contributed by atoms with Gasteiger partial charge in [-0.2, -0.15) is 0 Å². The minimum absolute atomic E-state index is 0.0375. The van der Waals surface area contributed by atoms with Crippen LogP contribution in [0.15, 0.2) is 36.4 Å². The second-order valence-corrected chi connectivity index (χ2v) is 7.57. The molecule has 2 aliphatic rings. The number of rotatable bonds is 2. The van der Waals surface area contributed by atoms with Crippen molar-refractivity contribution in [1.82, 2.24) is 14.8 Å². The van der Waals surface area contributed by atoms with Gasteiger partial charge in [0, 0.05) is 36.7 Å². The van der Waals surface area contributed by atoms with Crippen LogP contribution < -0.4 is 5.32 Å². The molecule has 2 amide bonds. The number of nitrogens with zero attached hydrogens (tertiary/aromatic N) is 2. The predicted molar refractivity (Wildman–Crippen MR) is 100 cm³/mol. The Kier molecular flexibility index (Phi) is 4.10. The number of nitrogens with one attached hydrogen (secondary N) is 1. The van der Waals surface area contributed by atoms with E-state index in [-0.39, 0.29) is 17.2 Å². The highest BCUT2D eigenvalue weighted by Gasteiger charge is 2.47. The molecule has 0 bridgehead atoms. The highest BCUT2D eigenvalue weighted by molar-refractivity contribution is 5.97. The Morgan fingerprint density at radius 3 is 2.65 bits per heavy atom. The van der Waals surface area contributed by atoms with Crippen LogP contribution in [0.1, 0.15) is 41.0 Å². The fourth-order valence-electron chi connectivity index (χ4n) is 4.49. The van der Waals surface area contributed by atoms with E-state index in [2.05, 4.69) is 9.88 Å². The van der Waals surface area contributed by atoms with Gasteiger partial charge in [-0.15, -0.1) is 0 Å². The topological polar surface area (TPSA) is 54.3 Å². The first-order valence-corrected chi connectivity index (χ1v) is 9.34. The molecule has 1 spiro atoms. The molecule has 2 aliphatic heterocycles. The Morgan fingerprint density at radius 2 is 1.92 bits per heavy atom. The number of hydrogen-bond acceptors (Lipinski definition) is 2. The third-order valence-corrected chi connectivity index (χ3v) is 5.92. The van der Waals surface area contributed by atoms with Crippen molar-refractivity contribution in [2.75, 3.05) is 19.6 Å². The van der Waals surface area contributed by atoms with Gasteiger partial charge in [0.1, 0.15) is 0 Å². The normalized spacial score (nSPS) is 22.7. The van der Waals surface area contributed by atoms with E-state index in [1.165, 1.54) is 0 Å². The lowest BCUT2D eigenvalue weighted by Crippen LogP contribution is -2.47. The second kappa shape index (κ2) is 6.31. The van der Waals surface area contributed by atoms with Crippen molar-refractivity contribution in [3.05, 3.63) is 53.3 Å². The number of para-hydroxylation sites is 1. The summed E-state index contributed by atoms with van der Waals surface area (Å²) in [5.74, 6) is 0.157. The first-order chi connectivity index (χ1) is 12.5. The SMILES string of the molecule is Cc1cc(C(=O)N2CC[C@@]3(CCCNC3=O)C2)c(C)n1-c1ccccc1. The molecule has 5 heteroatoms. The molecule has 0 saturated carbocycles. The molecule has 26 heavy (non-hydrogen) atoms. The molecule has 0 radical (unpaired) electrons. The number of hydrogen-bond donors (Lipinski definition) is 1. The number of likely N-dealkylation sites (tertiary alicyclic amines) is 1. The fraction of sp³-hybridized carbons (Fsp3) is 0.429. The van der Waals surface area contributed by atoms with Crippen LogP contribution in [0.5, 0.6) is 0 Å². The Balaban J connectivity index is 1.61. The van der Waals surface area contributed by atoms with E-state index in [0.29, 0.717) is 13.1 Å². The lowest BCUT2D eigenvalue weighted by atomic mass is 9.79. The third-order valence-electron chi connectivity index (χ3n) is 5.92. The van der Waals surface area contributed by atoms with Crippen molar-refractivity contribution in [1.29, 1.82) is 0 Å². The highest BCUT2D eigenvalue weighted by Crippen LogP contribution is 2.38. The quantitative estimate of drug-likeness (QED) is 0.904. The molecule has 2 fully saturated rings. The number of piperidine rings is 1. The van der Waals surface area contributed by atoms with Gasteiger partial charge in [-0.1, -0.05) is 18.2 Å². The van der Waals surface area contributed by atoms with Crippen LogP contribution in [0.3, 0.4) is 0 Å². The van der Waals surface area contributed by atoms with Gasteiger partial charge in [0.15, 0.2) is 0 Å². The molecule has 1 aromatic carbocycles. The molecule has 2 aromatic rings. The number of benzene rings is 1. The summed E-state index contributed by atoms with van der Waals surface area (Å²) in [7, 11) is 0. The number of aromatic nitrogens is 1. The Morgan fingerprint density at radius 1 is 1.15 bits per heavy atom. The van der Waals surface area contributed by atoms with E-state index < -0.39 is 0 Å². The van der Waals surface area contributed by atoms with Crippen molar-refractivity contribution in [3.63, 3.8) is 0 Å². The van der Waals surface area contributed by atoms with Crippen LogP contribution in [0.25, 0.3) is 5.69 Å². The molecule has 5 nitrogen and oxygen atoms in total. The van der Waals surface area contributed by atoms with E-state index in [9.17, 15) is 9.59 Å². The molecule has 1 atom stereocenters. The summed E-state index contributed by atoms with van der Waals surface area (Å²) in [6.07, 6.45) is 2.64. The molecule has 3 heterocycles. The van der Waals surface area contributed by atoms with E-state index in [0.717, 1.165) is 48.4 Å². The first-order valence-electron chi connectivity index (χ1n) is 9.34. The van der Waals surface area contributed by atoms with Crippen LogP contribution in [0.2, 0.25) is 0 Å². The van der Waals surface area contributed by atoms with Crippen LogP contribution in [0.4, 0.5) is 0 Å². The van der Waals surface area contributed by atoms with E-state index in [1.54, 1.807) is 0 Å². The summed E-state index contributed by atoms with van der Waals surface area (Å²) in [6.45, 7) is 5.96. The van der Waals surface area contributed by atoms with Gasteiger partial charge in [0.2, 0.25) is 5.91 Å². The average molecular weight is 351 g/mol. The lowest BCUT2D eigenvalue weighted by molar-refractivity contribution is -0.132. The molecule has 2 saturated heterocycles. The average Bonchev–Trinajstić information content (AvgIpc) is 3.20. The highest BCUT2D eigenvalue weighted by atomic mass is 16.2. The summed E-state index contributed by atoms with van der Waals surface area (Å²) in [4.78, 5) is 27.4. The van der Waals surface area contributed by atoms with Crippen molar-refractivity contribution in [2.24, 2.45) is 5.41 Å². The van der Waals surface area contributed by atoms with Gasteiger partial charge >= 0.3 is 0 Å². The largest absolute Gasteiger partial charge is 0.356 e. The number of carbonyl (C=O) groups excluding carboxylic acids is 2. The van der Waals surface area contributed by atoms with Crippen LogP contribution in [0, 0.1) is 19.3 Å². The van der Waals surface area contributed by atoms with Gasteiger partial charge in [0.25, 0.3) is 5.91 Å². The molecule has 0 unspecified atom stereocenters. The minimum Gasteiger partial charge on any atom is -0.356 e. The Bertz CT molecular complexity index is 856. The van der Waals surface area contributed by atoms with E-state index in [1.807, 2.05) is 55.1 Å². The van der Waals surface area contributed by atoms with E-state index in [4.69, 9.17) is 0 Å². The van der Waals surface area contributed by atoms with Crippen molar-refractivity contribution < 1.29 is 9.59 Å². The molecule has 4 rings (SSSR count). The lowest BCUT2D eigenvalue weighted by Gasteiger charge is -2.32. The van der Waals surface area contributed by atoms with Crippen molar-refractivity contribution in [3.8, 4) is 5.69 Å². The zero-order valence-electron chi connectivity index (χ0n) is 15.4. The standard InChI is InChI=1S/C21H25N3O2/c1-15-13-18(16(2)24(15)17-7-4-3-5-8-17)19(25)23-12-10-21(14-23)9-6-11-22-20(21)26/h3-5,7-8,13H,6,9-12,14H2,1-2H3,(H,22,26)/t21-/m0/s1. The molecular formula is C21H25N3O2. The van der Waals surface area contributed by atoms with Crippen LogP contribution in [-0.4, -0.2) is 40.9 Å². The van der Waals surface area contributed by atoms with Crippen LogP contribution >= 0.6 is 0 Å². The monoisotopic (exact) mass is 351 g/mol. The summed E-state index contributed by atoms with van der Waals surface area (Å²) < 4.78 is 2.12. The van der Waals surface area contributed by atoms with Gasteiger partial charge < -0.3 is 14.8 Å². The Hall–Kier alpha value is -2.56. The van der Waals surface area contributed by atoms with Crippen LogP contribution in [-0.2, 0) is 4.79 Å². The molecule has 1 N–H and O–H groups in total. The second-order valence-electron chi connectivity index (χ2n) is 7.57. The maximum Gasteiger partial charge on any atom is 0.255 e. The smallest absolute Gasteiger partial charge is 0.255 e. The molecule has 1 aromatic heterocycles. The Labute approximate surface area is 154 Å². The summed E-state index contributed by atoms with van der Waals surface area (Å²) in [5, 5.41) is 2.98. The summed E-state index contributed by atoms with van der Waals surface area (Å²) in [5.41, 5.74) is 3.42. The maximum absolute atomic E-state index is 13.2. The van der Waals surface area contributed by atoms with Gasteiger partial charge in [-0.05, 0) is 51.3 Å². The number of amides is 2. The van der Waals surface area contributed by atoms with Crippen molar-refractivity contribution >= 4 is 11.8 Å². The van der Waals surface area contributed by atoms with Gasteiger partial charge in [0.05, 0.1) is 11.0 Å². The maximum atomic E-state index is 13.2. The third kappa shape index (κ3) is 2.62. The summed E-state index contributed by atoms with van der Waals surface area (Å²) in [6, 6.07) is 12.1. The fourth-order valence-corrected chi connectivity index (χ4v) is 4.49. The van der Waals surface area contributed by atoms with Gasteiger partial charge in [-0.3, -0.25) is 9.59 Å². The van der Waals surface area contributed by atoms with Gasteiger partial charge in [-0.25, -0.2) is 0 Å². The summed E-state index contributed by atoms with van der Waals surface area (Å²) >= 11 is 0. The minimum atomic E-state index is -0.376. The molecule has 0 aliphatic carbocycles. The van der Waals surface area contributed by atoms with E-state index >= 15 is 0 Å². The first kappa shape index (κ1) is 16.9. The molecule has 136 valence electrons. The number of carbonyl (C=O) groups is 2. The number of aryl methyl sites for hydroxylation is 1. The zero-order valence-corrected chi connectivity index (χ0v) is 15.4. The molecular weight excluding hydrogens is 326 g/mol. The zero-order chi connectivity index (χ0) is 18.3. The predicted octanol–water partition coefficient (Wildman–Crippen LogP) is 2.84.